The quantitative estimate of drug-likeness (QED) is 0.608. The number of hydrogen-bond donors (Lipinski definition) is 3. The highest BCUT2D eigenvalue weighted by molar-refractivity contribution is 5.47. The van der Waals surface area contributed by atoms with Crippen LogP contribution >= 0.6 is 0 Å². The molecule has 5 heteroatoms. The van der Waals surface area contributed by atoms with Gasteiger partial charge in [-0.2, -0.15) is 0 Å². The molecule has 0 unspecified atom stereocenters. The van der Waals surface area contributed by atoms with Crippen molar-refractivity contribution in [3.05, 3.63) is 11.9 Å². The topological polar surface area (TPSA) is 70.1 Å². The molecular weight excluding hydrogens is 204 g/mol. The van der Waals surface area contributed by atoms with Crippen molar-refractivity contribution in [2.75, 3.05) is 30.3 Å². The van der Waals surface area contributed by atoms with Gasteiger partial charge in [-0.25, -0.2) is 9.97 Å². The van der Waals surface area contributed by atoms with Crippen LogP contribution in [0.1, 0.15) is 26.1 Å². The van der Waals surface area contributed by atoms with Gasteiger partial charge in [0.25, 0.3) is 0 Å². The van der Waals surface area contributed by atoms with Crippen molar-refractivity contribution in [2.24, 2.45) is 0 Å². The van der Waals surface area contributed by atoms with Gasteiger partial charge in [0.15, 0.2) is 0 Å². The smallest absolute Gasteiger partial charge is 0.132 e. The van der Waals surface area contributed by atoms with Crippen molar-refractivity contribution in [1.82, 2.24) is 9.97 Å². The first-order chi connectivity index (χ1) is 7.80. The third kappa shape index (κ3) is 4.02. The summed E-state index contributed by atoms with van der Waals surface area (Å²) in [4.78, 5) is 8.72. The Morgan fingerprint density at radius 2 is 1.88 bits per heavy atom. The van der Waals surface area contributed by atoms with Gasteiger partial charge in [0.05, 0.1) is 0 Å². The summed E-state index contributed by atoms with van der Waals surface area (Å²) >= 11 is 0. The fraction of sp³-hybridized carbons (Fsp3) is 0.636. The van der Waals surface area contributed by atoms with Crippen LogP contribution in [0, 0.1) is 0 Å². The molecule has 0 aliphatic carbocycles. The van der Waals surface area contributed by atoms with Gasteiger partial charge in [0.2, 0.25) is 0 Å². The molecule has 1 heterocycles. The summed E-state index contributed by atoms with van der Waals surface area (Å²) in [5.41, 5.74) is 0. The lowest BCUT2D eigenvalue weighted by Gasteiger charge is -2.09. The molecule has 90 valence electrons. The maximum atomic E-state index is 8.70. The molecule has 16 heavy (non-hydrogen) atoms. The first kappa shape index (κ1) is 12.7. The zero-order valence-electron chi connectivity index (χ0n) is 9.95. The third-order valence-electron chi connectivity index (χ3n) is 2.09. The Kier molecular flexibility index (Phi) is 5.56. The van der Waals surface area contributed by atoms with Crippen LogP contribution in [0.2, 0.25) is 0 Å². The van der Waals surface area contributed by atoms with E-state index >= 15 is 0 Å². The molecule has 5 nitrogen and oxygen atoms in total. The van der Waals surface area contributed by atoms with Gasteiger partial charge >= 0.3 is 0 Å². The average Bonchev–Trinajstić information content (AvgIpc) is 2.29. The van der Waals surface area contributed by atoms with Crippen molar-refractivity contribution < 1.29 is 5.11 Å². The standard InChI is InChI=1S/C11H20N4O/c1-3-9-14-10(12-4-2)8-11(15-9)13-6-5-7-16/h8,16H,3-7H2,1-2H3,(H2,12,13,14,15). The molecule has 0 saturated carbocycles. The number of aliphatic hydroxyl groups excluding tert-OH is 1. The molecule has 1 rings (SSSR count). The second-order valence-corrected chi connectivity index (χ2v) is 3.44. The molecule has 0 aliphatic heterocycles. The highest BCUT2D eigenvalue weighted by Crippen LogP contribution is 2.11. The maximum Gasteiger partial charge on any atom is 0.132 e. The van der Waals surface area contributed by atoms with Gasteiger partial charge in [-0.15, -0.1) is 0 Å². The molecule has 0 spiro atoms. The van der Waals surface area contributed by atoms with Crippen molar-refractivity contribution in [3.8, 4) is 0 Å². The second kappa shape index (κ2) is 7.00. The van der Waals surface area contributed by atoms with E-state index in [0.717, 1.165) is 43.4 Å². The number of nitrogens with zero attached hydrogens (tertiary/aromatic N) is 2. The highest BCUT2D eigenvalue weighted by Gasteiger charge is 2.02. The van der Waals surface area contributed by atoms with Crippen LogP contribution in [0.15, 0.2) is 6.07 Å². The van der Waals surface area contributed by atoms with Gasteiger partial charge in [-0.3, -0.25) is 0 Å². The maximum absolute atomic E-state index is 8.70. The molecule has 0 aliphatic rings. The highest BCUT2D eigenvalue weighted by atomic mass is 16.3. The Morgan fingerprint density at radius 1 is 1.19 bits per heavy atom. The molecule has 0 fully saturated rings. The minimum absolute atomic E-state index is 0.193. The molecule has 1 aromatic rings. The predicted molar refractivity (Wildman–Crippen MR) is 65.8 cm³/mol. The molecule has 0 amide bonds. The molecular formula is C11H20N4O. The Labute approximate surface area is 96.3 Å². The molecule has 0 bridgehead atoms. The van der Waals surface area contributed by atoms with Crippen molar-refractivity contribution in [1.29, 1.82) is 0 Å². The molecule has 0 radical (unpaired) electrons. The number of nitrogens with one attached hydrogen (secondary N) is 2. The van der Waals surface area contributed by atoms with Crippen molar-refractivity contribution >= 4 is 11.6 Å². The van der Waals surface area contributed by atoms with Gasteiger partial charge in [-0.05, 0) is 13.3 Å². The summed E-state index contributed by atoms with van der Waals surface area (Å²) in [5, 5.41) is 15.0. The number of aryl methyl sites for hydroxylation is 1. The van der Waals surface area contributed by atoms with E-state index in [4.69, 9.17) is 5.11 Å². The molecule has 0 atom stereocenters. The first-order valence-corrected chi connectivity index (χ1v) is 5.76. The zero-order valence-corrected chi connectivity index (χ0v) is 9.95. The number of aromatic nitrogens is 2. The third-order valence-corrected chi connectivity index (χ3v) is 2.09. The molecule has 0 aromatic carbocycles. The second-order valence-electron chi connectivity index (χ2n) is 3.44. The van der Waals surface area contributed by atoms with Crippen molar-refractivity contribution in [2.45, 2.75) is 26.7 Å². The number of rotatable bonds is 7. The van der Waals surface area contributed by atoms with Gasteiger partial charge in [0, 0.05) is 32.2 Å². The van der Waals surface area contributed by atoms with Gasteiger partial charge in [0.1, 0.15) is 17.5 Å². The van der Waals surface area contributed by atoms with E-state index in [2.05, 4.69) is 20.6 Å². The normalized spacial score (nSPS) is 10.2. The van der Waals surface area contributed by atoms with Crippen LogP contribution in [0.3, 0.4) is 0 Å². The van der Waals surface area contributed by atoms with Gasteiger partial charge < -0.3 is 15.7 Å². The van der Waals surface area contributed by atoms with Crippen LogP contribution in [0.25, 0.3) is 0 Å². The monoisotopic (exact) mass is 224 g/mol. The predicted octanol–water partition coefficient (Wildman–Crippen LogP) is 1.27. The van der Waals surface area contributed by atoms with E-state index < -0.39 is 0 Å². The summed E-state index contributed by atoms with van der Waals surface area (Å²) in [6, 6.07) is 1.89. The minimum Gasteiger partial charge on any atom is -0.396 e. The van der Waals surface area contributed by atoms with E-state index in [0.29, 0.717) is 0 Å². The van der Waals surface area contributed by atoms with E-state index in [-0.39, 0.29) is 6.61 Å². The van der Waals surface area contributed by atoms with Crippen LogP contribution in [-0.2, 0) is 6.42 Å². The van der Waals surface area contributed by atoms with Gasteiger partial charge in [-0.1, -0.05) is 6.92 Å². The summed E-state index contributed by atoms with van der Waals surface area (Å²) in [7, 11) is 0. The number of hydrogen-bond acceptors (Lipinski definition) is 5. The first-order valence-electron chi connectivity index (χ1n) is 5.76. The van der Waals surface area contributed by atoms with Crippen LogP contribution in [0.5, 0.6) is 0 Å². The van der Waals surface area contributed by atoms with E-state index in [1.54, 1.807) is 0 Å². The Bertz CT molecular complexity index is 317. The molecule has 3 N–H and O–H groups in total. The fourth-order valence-corrected chi connectivity index (χ4v) is 1.31. The van der Waals surface area contributed by atoms with E-state index in [1.165, 1.54) is 0 Å². The summed E-state index contributed by atoms with van der Waals surface area (Å²) < 4.78 is 0. The lowest BCUT2D eigenvalue weighted by atomic mass is 10.4. The Balaban J connectivity index is 2.69. The van der Waals surface area contributed by atoms with E-state index in [1.807, 2.05) is 19.9 Å². The number of anilines is 2. The van der Waals surface area contributed by atoms with E-state index in [9.17, 15) is 0 Å². The lowest BCUT2D eigenvalue weighted by Crippen LogP contribution is -2.09. The Hall–Kier alpha value is -1.36. The SMILES string of the molecule is CCNc1cc(NCCCO)nc(CC)n1. The summed E-state index contributed by atoms with van der Waals surface area (Å²) in [6.07, 6.45) is 1.54. The van der Waals surface area contributed by atoms with Crippen LogP contribution < -0.4 is 10.6 Å². The lowest BCUT2D eigenvalue weighted by molar-refractivity contribution is 0.292. The summed E-state index contributed by atoms with van der Waals surface area (Å²) in [6.45, 7) is 5.83. The minimum atomic E-state index is 0.193. The number of aliphatic hydroxyl groups is 1. The zero-order chi connectivity index (χ0) is 11.8. The van der Waals surface area contributed by atoms with Crippen molar-refractivity contribution in [3.63, 3.8) is 0 Å². The average molecular weight is 224 g/mol. The molecule has 0 saturated heterocycles. The molecule has 1 aromatic heterocycles. The van der Waals surface area contributed by atoms with Crippen LogP contribution in [0.4, 0.5) is 11.6 Å². The summed E-state index contributed by atoms with van der Waals surface area (Å²) in [5.74, 6) is 2.49. The van der Waals surface area contributed by atoms with Crippen LogP contribution in [-0.4, -0.2) is 34.8 Å². The fourth-order valence-electron chi connectivity index (χ4n) is 1.31. The Morgan fingerprint density at radius 3 is 2.44 bits per heavy atom. The largest absolute Gasteiger partial charge is 0.396 e.